The van der Waals surface area contributed by atoms with Gasteiger partial charge in [0.05, 0.1) is 6.54 Å². The minimum atomic E-state index is 0.262. The van der Waals surface area contributed by atoms with Gasteiger partial charge in [0.2, 0.25) is 0 Å². The average molecular weight is 380 g/mol. The summed E-state index contributed by atoms with van der Waals surface area (Å²) >= 11 is 0. The second-order valence-electron chi connectivity index (χ2n) is 8.30. The van der Waals surface area contributed by atoms with E-state index in [1.165, 1.54) is 25.9 Å². The Morgan fingerprint density at radius 1 is 1.15 bits per heavy atom. The van der Waals surface area contributed by atoms with Crippen molar-refractivity contribution in [2.45, 2.75) is 64.4 Å². The number of ether oxygens (including phenoxy) is 1. The van der Waals surface area contributed by atoms with Crippen LogP contribution in [0.2, 0.25) is 0 Å². The van der Waals surface area contributed by atoms with Gasteiger partial charge in [-0.2, -0.15) is 0 Å². The number of aliphatic hydroxyl groups excluding tert-OH is 1. The smallest absolute Gasteiger partial charge is 0.129 e. The molecule has 1 N–H and O–H groups in total. The van der Waals surface area contributed by atoms with Gasteiger partial charge >= 0.3 is 0 Å². The van der Waals surface area contributed by atoms with Gasteiger partial charge < -0.3 is 19.2 Å². The predicted molar refractivity (Wildman–Crippen MR) is 107 cm³/mol. The molecular weight excluding hydrogens is 342 g/mol. The summed E-state index contributed by atoms with van der Waals surface area (Å²) in [5.74, 6) is 1.89. The average Bonchev–Trinajstić information content (AvgIpc) is 3.10. The molecule has 0 aliphatic carbocycles. The van der Waals surface area contributed by atoms with E-state index in [1.54, 1.807) is 7.11 Å². The molecule has 1 aromatic heterocycles. The maximum Gasteiger partial charge on any atom is 0.129 e. The molecule has 0 spiro atoms. The second-order valence-corrected chi connectivity index (χ2v) is 8.30. The largest absolute Gasteiger partial charge is 0.462 e. The number of piperazine rings is 1. The molecule has 6 nitrogen and oxygen atoms in total. The van der Waals surface area contributed by atoms with Crippen LogP contribution < -0.4 is 0 Å². The standard InChI is InChI=1S/C21H37N3O3/c1-17(2)23-9-6-18(7-10-23)24-12-11-22(14-19(24)8-13-25)15-20-4-5-21(27-20)16-26-3/h4-5,17-19,25H,6-16H2,1-3H3. The van der Waals surface area contributed by atoms with Gasteiger partial charge in [-0.15, -0.1) is 0 Å². The molecule has 1 unspecified atom stereocenters. The van der Waals surface area contributed by atoms with E-state index in [1.807, 2.05) is 6.07 Å². The first-order chi connectivity index (χ1) is 13.1. The van der Waals surface area contributed by atoms with Gasteiger partial charge in [0, 0.05) is 51.5 Å². The lowest BCUT2D eigenvalue weighted by Crippen LogP contribution is -2.58. The number of furan rings is 1. The fourth-order valence-electron chi connectivity index (χ4n) is 4.65. The van der Waals surface area contributed by atoms with Crippen molar-refractivity contribution in [3.63, 3.8) is 0 Å². The van der Waals surface area contributed by atoms with E-state index in [-0.39, 0.29) is 6.61 Å². The van der Waals surface area contributed by atoms with Crippen LogP contribution in [-0.2, 0) is 17.9 Å². The van der Waals surface area contributed by atoms with Crippen molar-refractivity contribution in [1.82, 2.24) is 14.7 Å². The summed E-state index contributed by atoms with van der Waals surface area (Å²) in [6, 6.07) is 5.81. The maximum absolute atomic E-state index is 9.60. The lowest BCUT2D eigenvalue weighted by atomic mass is 9.97. The SMILES string of the molecule is COCc1ccc(CN2CCN(C3CCN(C(C)C)CC3)C(CCO)C2)o1. The number of likely N-dealkylation sites (tertiary alicyclic amines) is 1. The third-order valence-electron chi connectivity index (χ3n) is 6.16. The normalized spacial score (nSPS) is 24.1. The van der Waals surface area contributed by atoms with Crippen LogP contribution >= 0.6 is 0 Å². The summed E-state index contributed by atoms with van der Waals surface area (Å²) in [4.78, 5) is 7.74. The van der Waals surface area contributed by atoms with Crippen molar-refractivity contribution in [2.75, 3.05) is 46.4 Å². The topological polar surface area (TPSA) is 52.3 Å². The van der Waals surface area contributed by atoms with Crippen molar-refractivity contribution in [3.05, 3.63) is 23.7 Å². The molecule has 154 valence electrons. The van der Waals surface area contributed by atoms with Crippen molar-refractivity contribution >= 4 is 0 Å². The Kier molecular flexibility index (Phi) is 7.73. The zero-order chi connectivity index (χ0) is 19.2. The van der Waals surface area contributed by atoms with Crippen molar-refractivity contribution in [1.29, 1.82) is 0 Å². The Labute approximate surface area is 164 Å². The molecule has 1 aromatic rings. The van der Waals surface area contributed by atoms with E-state index < -0.39 is 0 Å². The van der Waals surface area contributed by atoms with Gasteiger partial charge in [0.1, 0.15) is 18.1 Å². The van der Waals surface area contributed by atoms with E-state index in [2.05, 4.69) is 34.6 Å². The molecule has 6 heteroatoms. The van der Waals surface area contributed by atoms with Crippen LogP contribution in [0.25, 0.3) is 0 Å². The van der Waals surface area contributed by atoms with E-state index in [4.69, 9.17) is 9.15 Å². The molecule has 2 aliphatic rings. The van der Waals surface area contributed by atoms with Crippen LogP contribution in [0.1, 0.15) is 44.6 Å². The third-order valence-corrected chi connectivity index (χ3v) is 6.16. The van der Waals surface area contributed by atoms with E-state index >= 15 is 0 Å². The molecular formula is C21H37N3O3. The van der Waals surface area contributed by atoms with Crippen molar-refractivity contribution < 1.29 is 14.3 Å². The fourth-order valence-corrected chi connectivity index (χ4v) is 4.65. The quantitative estimate of drug-likeness (QED) is 0.747. The minimum absolute atomic E-state index is 0.262. The summed E-state index contributed by atoms with van der Waals surface area (Å²) in [6.07, 6.45) is 3.35. The van der Waals surface area contributed by atoms with Crippen molar-refractivity contribution in [3.8, 4) is 0 Å². The molecule has 3 heterocycles. The number of rotatable bonds is 8. The third kappa shape index (κ3) is 5.55. The van der Waals surface area contributed by atoms with Gasteiger partial charge in [-0.1, -0.05) is 0 Å². The molecule has 2 aliphatic heterocycles. The van der Waals surface area contributed by atoms with Gasteiger partial charge in [-0.25, -0.2) is 0 Å². The van der Waals surface area contributed by atoms with E-state index in [0.717, 1.165) is 44.1 Å². The number of methoxy groups -OCH3 is 1. The highest BCUT2D eigenvalue weighted by atomic mass is 16.5. The highest BCUT2D eigenvalue weighted by Gasteiger charge is 2.34. The first kappa shape index (κ1) is 20.8. The van der Waals surface area contributed by atoms with Gasteiger partial charge in [-0.3, -0.25) is 9.80 Å². The number of nitrogens with zero attached hydrogens (tertiary/aromatic N) is 3. The molecule has 27 heavy (non-hydrogen) atoms. The van der Waals surface area contributed by atoms with Crippen LogP contribution in [0.4, 0.5) is 0 Å². The highest BCUT2D eigenvalue weighted by molar-refractivity contribution is 5.07. The highest BCUT2D eigenvalue weighted by Crippen LogP contribution is 2.25. The Morgan fingerprint density at radius 3 is 2.56 bits per heavy atom. The second kappa shape index (κ2) is 10.0. The first-order valence-electron chi connectivity index (χ1n) is 10.5. The summed E-state index contributed by atoms with van der Waals surface area (Å²) in [5, 5.41) is 9.60. The monoisotopic (exact) mass is 379 g/mol. The Morgan fingerprint density at radius 2 is 1.89 bits per heavy atom. The molecule has 3 rings (SSSR count). The summed E-state index contributed by atoms with van der Waals surface area (Å²) in [6.45, 7) is 11.8. The van der Waals surface area contributed by atoms with Gasteiger partial charge in [0.25, 0.3) is 0 Å². The number of hydrogen-bond donors (Lipinski definition) is 1. The van der Waals surface area contributed by atoms with Crippen LogP contribution in [0, 0.1) is 0 Å². The lowest BCUT2D eigenvalue weighted by molar-refractivity contribution is -0.00181. The molecule has 2 saturated heterocycles. The number of piperidine rings is 1. The number of aliphatic hydroxyl groups is 1. The minimum Gasteiger partial charge on any atom is -0.462 e. The van der Waals surface area contributed by atoms with E-state index in [9.17, 15) is 5.11 Å². The van der Waals surface area contributed by atoms with Gasteiger partial charge in [0.15, 0.2) is 0 Å². The van der Waals surface area contributed by atoms with Crippen molar-refractivity contribution in [2.24, 2.45) is 0 Å². The predicted octanol–water partition coefficient (Wildman–Crippen LogP) is 2.17. The first-order valence-corrected chi connectivity index (χ1v) is 10.5. The van der Waals surface area contributed by atoms with Crippen LogP contribution in [0.5, 0.6) is 0 Å². The molecule has 0 radical (unpaired) electrons. The van der Waals surface area contributed by atoms with Crippen LogP contribution in [0.15, 0.2) is 16.5 Å². The van der Waals surface area contributed by atoms with Crippen LogP contribution in [-0.4, -0.2) is 84.4 Å². The Hall–Kier alpha value is -0.920. The maximum atomic E-state index is 9.60. The Balaban J connectivity index is 1.54. The molecule has 0 saturated carbocycles. The summed E-state index contributed by atoms with van der Waals surface area (Å²) in [7, 11) is 1.69. The molecule has 2 fully saturated rings. The summed E-state index contributed by atoms with van der Waals surface area (Å²) in [5.41, 5.74) is 0. The zero-order valence-electron chi connectivity index (χ0n) is 17.3. The number of hydrogen-bond acceptors (Lipinski definition) is 6. The molecule has 1 atom stereocenters. The summed E-state index contributed by atoms with van der Waals surface area (Å²) < 4.78 is 11.0. The Bertz CT molecular complexity index is 555. The molecule has 0 bridgehead atoms. The lowest BCUT2D eigenvalue weighted by Gasteiger charge is -2.48. The fraction of sp³-hybridized carbons (Fsp3) is 0.810. The van der Waals surface area contributed by atoms with E-state index in [0.29, 0.717) is 24.7 Å². The zero-order valence-corrected chi connectivity index (χ0v) is 17.3. The molecule has 0 amide bonds. The molecule has 0 aromatic carbocycles. The van der Waals surface area contributed by atoms with Crippen LogP contribution in [0.3, 0.4) is 0 Å². The van der Waals surface area contributed by atoms with Gasteiger partial charge in [-0.05, 0) is 58.3 Å².